The van der Waals surface area contributed by atoms with Gasteiger partial charge in [0.25, 0.3) is 0 Å². The van der Waals surface area contributed by atoms with Gasteiger partial charge in [0, 0.05) is 29.2 Å². The molecule has 2 aromatic carbocycles. The maximum Gasteiger partial charge on any atom is 0.240 e. The number of aryl methyl sites for hydroxylation is 1. The molecule has 3 rings (SSSR count). The molecule has 0 radical (unpaired) electrons. The molecule has 26 heavy (non-hydrogen) atoms. The molecule has 0 amide bonds. The van der Waals surface area contributed by atoms with Crippen LogP contribution in [-0.4, -0.2) is 26.5 Å². The van der Waals surface area contributed by atoms with E-state index in [9.17, 15) is 12.8 Å². The van der Waals surface area contributed by atoms with Gasteiger partial charge in [-0.3, -0.25) is 0 Å². The predicted molar refractivity (Wildman–Crippen MR) is 102 cm³/mol. The Labute approximate surface area is 152 Å². The van der Waals surface area contributed by atoms with E-state index in [-0.39, 0.29) is 10.7 Å². The quantitative estimate of drug-likeness (QED) is 0.554. The molecule has 0 saturated carbocycles. The van der Waals surface area contributed by atoms with Gasteiger partial charge in [-0.2, -0.15) is 0 Å². The van der Waals surface area contributed by atoms with Crippen LogP contribution in [0.3, 0.4) is 0 Å². The molecule has 0 aliphatic heterocycles. The smallest absolute Gasteiger partial charge is 0.240 e. The minimum Gasteiger partial charge on any atom is -0.360 e. The van der Waals surface area contributed by atoms with Crippen molar-refractivity contribution in [2.45, 2.75) is 24.7 Å². The summed E-state index contributed by atoms with van der Waals surface area (Å²) in [5, 5.41) is 0.894. The highest BCUT2D eigenvalue weighted by atomic mass is 32.2. The number of halogens is 1. The number of fused-ring (bicyclic) bond motifs is 1. The Hall–Kier alpha value is -2.22. The van der Waals surface area contributed by atoms with Gasteiger partial charge in [0.2, 0.25) is 10.0 Å². The first-order chi connectivity index (χ1) is 12.5. The summed E-state index contributed by atoms with van der Waals surface area (Å²) in [5.74, 6) is -0.301. The molecule has 0 aliphatic rings. The molecule has 7 heteroatoms. The lowest BCUT2D eigenvalue weighted by atomic mass is 10.0. The van der Waals surface area contributed by atoms with Crippen LogP contribution in [0, 0.1) is 5.82 Å². The minimum atomic E-state index is -3.57. The van der Waals surface area contributed by atoms with Crippen molar-refractivity contribution in [2.75, 3.05) is 13.1 Å². The van der Waals surface area contributed by atoms with Crippen molar-refractivity contribution in [3.8, 4) is 11.1 Å². The van der Waals surface area contributed by atoms with Crippen molar-refractivity contribution in [3.63, 3.8) is 0 Å². The van der Waals surface area contributed by atoms with Gasteiger partial charge in [-0.15, -0.1) is 0 Å². The number of benzene rings is 2. The van der Waals surface area contributed by atoms with E-state index < -0.39 is 10.0 Å². The number of hydrogen-bond donors (Lipinski definition) is 3. The predicted octanol–water partition coefficient (Wildman–Crippen LogP) is 3.16. The highest BCUT2D eigenvalue weighted by molar-refractivity contribution is 7.89. The highest BCUT2D eigenvalue weighted by Crippen LogP contribution is 2.31. The monoisotopic (exact) mass is 375 g/mol. The summed E-state index contributed by atoms with van der Waals surface area (Å²) < 4.78 is 41.0. The Morgan fingerprint density at radius 1 is 1.19 bits per heavy atom. The maximum atomic E-state index is 13.4. The van der Waals surface area contributed by atoms with Crippen LogP contribution in [-0.2, 0) is 16.4 Å². The fraction of sp³-hybridized carbons (Fsp3) is 0.263. The Morgan fingerprint density at radius 2 is 2.00 bits per heavy atom. The molecule has 0 bridgehead atoms. The molecule has 5 nitrogen and oxygen atoms in total. The third-order valence-corrected chi connectivity index (χ3v) is 5.92. The highest BCUT2D eigenvalue weighted by Gasteiger charge is 2.18. The van der Waals surface area contributed by atoms with Crippen LogP contribution in [0.25, 0.3) is 22.0 Å². The van der Waals surface area contributed by atoms with Crippen LogP contribution >= 0.6 is 0 Å². The van der Waals surface area contributed by atoms with E-state index in [2.05, 4.69) is 9.71 Å². The average molecular weight is 375 g/mol. The summed E-state index contributed by atoms with van der Waals surface area (Å²) >= 11 is 0. The van der Waals surface area contributed by atoms with Crippen LogP contribution in [0.15, 0.2) is 47.5 Å². The van der Waals surface area contributed by atoms with E-state index in [4.69, 9.17) is 5.73 Å². The van der Waals surface area contributed by atoms with E-state index in [0.29, 0.717) is 31.4 Å². The summed E-state index contributed by atoms with van der Waals surface area (Å²) in [7, 11) is -3.57. The molecule has 3 aromatic rings. The normalized spacial score (nSPS) is 12.0. The fourth-order valence-corrected chi connectivity index (χ4v) is 4.37. The minimum absolute atomic E-state index is 0.284. The van der Waals surface area contributed by atoms with E-state index in [1.165, 1.54) is 12.1 Å². The first-order valence-electron chi connectivity index (χ1n) is 8.56. The molecule has 1 aromatic heterocycles. The summed E-state index contributed by atoms with van der Waals surface area (Å²) in [4.78, 5) is 3.35. The van der Waals surface area contributed by atoms with Gasteiger partial charge in [-0.1, -0.05) is 13.0 Å². The molecule has 4 N–H and O–H groups in total. The van der Waals surface area contributed by atoms with E-state index in [1.54, 1.807) is 18.2 Å². The lowest BCUT2D eigenvalue weighted by Gasteiger charge is -2.12. The second-order valence-corrected chi connectivity index (χ2v) is 7.84. The lowest BCUT2D eigenvalue weighted by Crippen LogP contribution is -2.27. The van der Waals surface area contributed by atoms with Crippen LogP contribution in [0.5, 0.6) is 0 Å². The van der Waals surface area contributed by atoms with Gasteiger partial charge in [0.05, 0.1) is 4.90 Å². The number of rotatable bonds is 7. The first kappa shape index (κ1) is 18.6. The van der Waals surface area contributed by atoms with Crippen molar-refractivity contribution in [2.24, 2.45) is 5.73 Å². The Bertz CT molecular complexity index is 1030. The van der Waals surface area contributed by atoms with Crippen molar-refractivity contribution >= 4 is 20.9 Å². The molecule has 138 valence electrons. The first-order valence-corrected chi connectivity index (χ1v) is 10.0. The zero-order chi connectivity index (χ0) is 18.7. The van der Waals surface area contributed by atoms with Gasteiger partial charge in [-0.25, -0.2) is 17.5 Å². The molecule has 1 heterocycles. The number of nitrogens with one attached hydrogen (secondary N) is 2. The fourth-order valence-electron chi connectivity index (χ4n) is 3.01. The summed E-state index contributed by atoms with van der Waals surface area (Å²) in [6.45, 7) is 2.67. The van der Waals surface area contributed by atoms with E-state index in [1.807, 2.05) is 19.2 Å². The molecule has 0 saturated heterocycles. The molecular formula is C19H22FN3O2S. The summed E-state index contributed by atoms with van der Waals surface area (Å²) in [6, 6.07) is 9.87. The molecule has 0 atom stereocenters. The zero-order valence-electron chi connectivity index (χ0n) is 14.5. The van der Waals surface area contributed by atoms with Gasteiger partial charge in [0.15, 0.2) is 0 Å². The van der Waals surface area contributed by atoms with Crippen molar-refractivity contribution < 1.29 is 12.8 Å². The lowest BCUT2D eigenvalue weighted by molar-refractivity contribution is 0.578. The van der Waals surface area contributed by atoms with Crippen LogP contribution in [0.2, 0.25) is 0 Å². The number of H-pyrrole nitrogens is 1. The molecular weight excluding hydrogens is 353 g/mol. The Kier molecular flexibility index (Phi) is 5.41. The third kappa shape index (κ3) is 3.65. The SMILES string of the molecule is CCc1cc(-c2c[nH]c3cc(F)ccc23)ccc1S(=O)(=O)NCCCN. The third-order valence-electron chi connectivity index (χ3n) is 4.36. The number of hydrogen-bond acceptors (Lipinski definition) is 3. The van der Waals surface area contributed by atoms with E-state index >= 15 is 0 Å². The zero-order valence-corrected chi connectivity index (χ0v) is 15.4. The maximum absolute atomic E-state index is 13.4. The van der Waals surface area contributed by atoms with Crippen molar-refractivity contribution in [3.05, 3.63) is 54.0 Å². The molecule has 0 aliphatic carbocycles. The molecule has 0 unspecified atom stereocenters. The van der Waals surface area contributed by atoms with E-state index in [0.717, 1.165) is 22.1 Å². The van der Waals surface area contributed by atoms with Gasteiger partial charge in [0.1, 0.15) is 5.82 Å². The number of nitrogens with two attached hydrogens (primary N) is 1. The van der Waals surface area contributed by atoms with Gasteiger partial charge < -0.3 is 10.7 Å². The second-order valence-electron chi connectivity index (χ2n) is 6.11. The second kappa shape index (κ2) is 7.57. The van der Waals surface area contributed by atoms with Crippen LogP contribution in [0.1, 0.15) is 18.9 Å². The van der Waals surface area contributed by atoms with Crippen molar-refractivity contribution in [1.82, 2.24) is 9.71 Å². The summed E-state index contributed by atoms with van der Waals surface area (Å²) in [5.41, 5.74) is 8.66. The average Bonchev–Trinajstić information content (AvgIpc) is 3.04. The van der Waals surface area contributed by atoms with Gasteiger partial charge in [-0.05, 0) is 60.8 Å². The summed E-state index contributed by atoms with van der Waals surface area (Å²) in [6.07, 6.45) is 2.98. The van der Waals surface area contributed by atoms with Crippen LogP contribution in [0.4, 0.5) is 4.39 Å². The molecule has 0 spiro atoms. The van der Waals surface area contributed by atoms with Crippen LogP contribution < -0.4 is 10.5 Å². The number of sulfonamides is 1. The Morgan fingerprint density at radius 3 is 2.73 bits per heavy atom. The van der Waals surface area contributed by atoms with Gasteiger partial charge >= 0.3 is 0 Å². The topological polar surface area (TPSA) is 88.0 Å². The number of aromatic nitrogens is 1. The standard InChI is InChI=1S/C19H22FN3O2S/c1-2-13-10-14(4-7-19(13)26(24,25)23-9-3-8-21)17-12-22-18-11-15(20)5-6-16(17)18/h4-7,10-12,22-23H,2-3,8-9,21H2,1H3. The number of aromatic amines is 1. The molecule has 0 fully saturated rings. The van der Waals surface area contributed by atoms with Crippen molar-refractivity contribution in [1.29, 1.82) is 0 Å². The Balaban J connectivity index is 2.01. The largest absolute Gasteiger partial charge is 0.360 e.